The van der Waals surface area contributed by atoms with Gasteiger partial charge in [0.15, 0.2) is 9.84 Å². The van der Waals surface area contributed by atoms with Crippen LogP contribution in [0.15, 0.2) is 47.7 Å². The van der Waals surface area contributed by atoms with Gasteiger partial charge in [-0.2, -0.15) is 0 Å². The summed E-state index contributed by atoms with van der Waals surface area (Å²) in [5, 5.41) is 1.78. The van der Waals surface area contributed by atoms with Crippen LogP contribution in [0.1, 0.15) is 11.1 Å². The maximum atomic E-state index is 12.7. The maximum absolute atomic E-state index is 12.7. The van der Waals surface area contributed by atoms with Gasteiger partial charge < -0.3 is 18.9 Å². The van der Waals surface area contributed by atoms with E-state index in [1.165, 1.54) is 52.7 Å². The Morgan fingerprint density at radius 3 is 1.97 bits per heavy atom. The summed E-state index contributed by atoms with van der Waals surface area (Å²) in [5.41, 5.74) is 0.877. The summed E-state index contributed by atoms with van der Waals surface area (Å²) in [6.45, 7) is 3.23. The molecule has 0 heterocycles. The molecule has 0 saturated carbocycles. The number of hydrogen-bond donors (Lipinski definition) is 1. The fourth-order valence-corrected chi connectivity index (χ4v) is 4.40. The van der Waals surface area contributed by atoms with Crippen molar-refractivity contribution < 1.29 is 35.8 Å². The van der Waals surface area contributed by atoms with Crippen LogP contribution >= 0.6 is 0 Å². The molecule has 0 amide bonds. The number of anilines is 1. The third-order valence-electron chi connectivity index (χ3n) is 4.30. The highest BCUT2D eigenvalue weighted by molar-refractivity contribution is 7.95. The van der Waals surface area contributed by atoms with E-state index in [1.54, 1.807) is 12.1 Å². The van der Waals surface area contributed by atoms with E-state index in [1.807, 2.05) is 0 Å². The first-order chi connectivity index (χ1) is 15.1. The molecule has 174 valence electrons. The zero-order chi connectivity index (χ0) is 23.9. The fraction of sp³-hybridized carbons (Fsp3) is 0.238. The van der Waals surface area contributed by atoms with Crippen molar-refractivity contribution in [2.75, 3.05) is 33.2 Å². The van der Waals surface area contributed by atoms with Gasteiger partial charge >= 0.3 is 0 Å². The van der Waals surface area contributed by atoms with E-state index in [4.69, 9.17) is 18.9 Å². The van der Waals surface area contributed by atoms with E-state index in [2.05, 4.69) is 11.3 Å². The Kier molecular flexibility index (Phi) is 8.17. The number of methoxy groups -OCH3 is 4. The van der Waals surface area contributed by atoms with Gasteiger partial charge in [-0.15, -0.1) is 0 Å². The Labute approximate surface area is 188 Å². The normalized spacial score (nSPS) is 11.8. The summed E-state index contributed by atoms with van der Waals surface area (Å²) in [7, 11) is -1.79. The van der Waals surface area contributed by atoms with Crippen molar-refractivity contribution >= 4 is 31.6 Å². The van der Waals surface area contributed by atoms with Gasteiger partial charge in [-0.05, 0) is 23.8 Å². The summed E-state index contributed by atoms with van der Waals surface area (Å²) in [4.78, 5) is 0. The molecular formula is C21H25NO8S2. The van der Waals surface area contributed by atoms with Gasteiger partial charge in [-0.25, -0.2) is 16.8 Å². The van der Waals surface area contributed by atoms with Crippen molar-refractivity contribution in [1.29, 1.82) is 0 Å². The van der Waals surface area contributed by atoms with Crippen LogP contribution in [0.25, 0.3) is 6.08 Å². The third kappa shape index (κ3) is 6.41. The van der Waals surface area contributed by atoms with Crippen LogP contribution < -0.4 is 23.7 Å². The fourth-order valence-electron chi connectivity index (χ4n) is 2.77. The summed E-state index contributed by atoms with van der Waals surface area (Å²) >= 11 is 0. The zero-order valence-electron chi connectivity index (χ0n) is 18.1. The number of nitrogens with one attached hydrogen (secondary N) is 1. The summed E-state index contributed by atoms with van der Waals surface area (Å²) < 4.78 is 72.3. The summed E-state index contributed by atoms with van der Waals surface area (Å²) in [6, 6.07) is 7.61. The molecule has 11 heteroatoms. The number of ether oxygens (including phenoxy) is 4. The monoisotopic (exact) mass is 483 g/mol. The second kappa shape index (κ2) is 10.4. The van der Waals surface area contributed by atoms with Crippen LogP contribution in [0.3, 0.4) is 0 Å². The second-order valence-corrected chi connectivity index (χ2v) is 9.92. The minimum Gasteiger partial charge on any atom is -0.496 e. The molecule has 0 atom stereocenters. The van der Waals surface area contributed by atoms with Gasteiger partial charge in [-0.1, -0.05) is 12.6 Å². The average Bonchev–Trinajstić information content (AvgIpc) is 2.76. The summed E-state index contributed by atoms with van der Waals surface area (Å²) in [6.07, 6.45) is 1.37. The predicted octanol–water partition coefficient (Wildman–Crippen LogP) is 3.19. The molecule has 0 fully saturated rings. The standard InChI is InChI=1S/C21H25NO8S2/c1-6-32(25,26)22-18-11-15(7-8-19(18)28-3)14-31(23,24)10-9-17-20(29-4)12-16(27-2)13-21(17)30-5/h6-13,22H,1,14H2,2-5H3/b10-9+. The minimum atomic E-state index is -3.80. The zero-order valence-corrected chi connectivity index (χ0v) is 19.7. The first-order valence-electron chi connectivity index (χ1n) is 9.11. The molecule has 0 spiro atoms. The van der Waals surface area contributed by atoms with Crippen molar-refractivity contribution in [2.45, 2.75) is 5.75 Å². The molecule has 1 N–H and O–H groups in total. The van der Waals surface area contributed by atoms with Crippen molar-refractivity contribution in [3.63, 3.8) is 0 Å². The molecule has 0 aliphatic heterocycles. The number of sulfone groups is 1. The van der Waals surface area contributed by atoms with Crippen LogP contribution in [0, 0.1) is 0 Å². The third-order valence-corrected chi connectivity index (χ3v) is 6.53. The quantitative estimate of drug-likeness (QED) is 0.518. The van der Waals surface area contributed by atoms with E-state index < -0.39 is 19.9 Å². The van der Waals surface area contributed by atoms with Crippen LogP contribution in [0.4, 0.5) is 5.69 Å². The number of rotatable bonds is 11. The van der Waals surface area contributed by atoms with Crippen molar-refractivity contribution in [2.24, 2.45) is 0 Å². The highest BCUT2D eigenvalue weighted by Crippen LogP contribution is 2.35. The molecule has 2 rings (SSSR count). The van der Waals surface area contributed by atoms with E-state index in [9.17, 15) is 16.8 Å². The molecular weight excluding hydrogens is 458 g/mol. The molecule has 0 bridgehead atoms. The Morgan fingerprint density at radius 2 is 1.47 bits per heavy atom. The van der Waals surface area contributed by atoms with Crippen molar-refractivity contribution in [1.82, 2.24) is 0 Å². The molecule has 0 radical (unpaired) electrons. The first kappa shape index (κ1) is 25.1. The lowest BCUT2D eigenvalue weighted by Gasteiger charge is -2.13. The lowest BCUT2D eigenvalue weighted by molar-refractivity contribution is 0.374. The van der Waals surface area contributed by atoms with E-state index >= 15 is 0 Å². The number of hydrogen-bond acceptors (Lipinski definition) is 8. The predicted molar refractivity (Wildman–Crippen MR) is 123 cm³/mol. The molecule has 32 heavy (non-hydrogen) atoms. The van der Waals surface area contributed by atoms with Gasteiger partial charge in [0.2, 0.25) is 0 Å². The maximum Gasteiger partial charge on any atom is 0.254 e. The Hall–Kier alpha value is -3.18. The largest absolute Gasteiger partial charge is 0.496 e. The SMILES string of the molecule is C=CS(=O)(=O)Nc1cc(CS(=O)(=O)/C=C/c2c(OC)cc(OC)cc2OC)ccc1OC. The topological polar surface area (TPSA) is 117 Å². The van der Waals surface area contributed by atoms with Gasteiger partial charge in [0.25, 0.3) is 10.0 Å². The van der Waals surface area contributed by atoms with Gasteiger partial charge in [0, 0.05) is 22.9 Å². The Morgan fingerprint density at radius 1 is 0.875 bits per heavy atom. The van der Waals surface area contributed by atoms with E-state index in [0.29, 0.717) is 28.4 Å². The number of sulfonamides is 1. The molecule has 9 nitrogen and oxygen atoms in total. The van der Waals surface area contributed by atoms with Crippen LogP contribution in [0.5, 0.6) is 23.0 Å². The first-order valence-corrected chi connectivity index (χ1v) is 12.4. The second-order valence-electron chi connectivity index (χ2n) is 6.40. The van der Waals surface area contributed by atoms with Crippen LogP contribution in [-0.2, 0) is 25.6 Å². The summed E-state index contributed by atoms with van der Waals surface area (Å²) in [5.74, 6) is 1.10. The van der Waals surface area contributed by atoms with E-state index in [-0.39, 0.29) is 17.2 Å². The average molecular weight is 484 g/mol. The highest BCUT2D eigenvalue weighted by atomic mass is 32.2. The molecule has 0 aliphatic rings. The van der Waals surface area contributed by atoms with Crippen molar-refractivity contribution in [3.8, 4) is 23.0 Å². The Bertz CT molecular complexity index is 1190. The smallest absolute Gasteiger partial charge is 0.254 e. The lowest BCUT2D eigenvalue weighted by atomic mass is 10.1. The number of benzene rings is 2. The molecule has 0 unspecified atom stereocenters. The lowest BCUT2D eigenvalue weighted by Crippen LogP contribution is -2.10. The van der Waals surface area contributed by atoms with Gasteiger partial charge in [0.05, 0.1) is 45.4 Å². The molecule has 2 aromatic carbocycles. The molecule has 0 aromatic heterocycles. The minimum absolute atomic E-state index is 0.0996. The van der Waals surface area contributed by atoms with Crippen LogP contribution in [0.2, 0.25) is 0 Å². The van der Waals surface area contributed by atoms with Gasteiger partial charge in [0.1, 0.15) is 23.0 Å². The molecule has 0 saturated heterocycles. The molecule has 2 aromatic rings. The van der Waals surface area contributed by atoms with Crippen LogP contribution in [-0.4, -0.2) is 45.3 Å². The highest BCUT2D eigenvalue weighted by Gasteiger charge is 2.16. The van der Waals surface area contributed by atoms with Crippen molar-refractivity contribution in [3.05, 3.63) is 58.9 Å². The molecule has 0 aliphatic carbocycles. The van der Waals surface area contributed by atoms with E-state index in [0.717, 1.165) is 10.8 Å². The Balaban J connectivity index is 2.37. The van der Waals surface area contributed by atoms with Gasteiger partial charge in [-0.3, -0.25) is 4.72 Å².